The average Bonchev–Trinajstić information content (AvgIpc) is 2.66. The Morgan fingerprint density at radius 3 is 2.81 bits per heavy atom. The van der Waals surface area contributed by atoms with Crippen molar-refractivity contribution in [2.75, 3.05) is 26.3 Å². The van der Waals surface area contributed by atoms with Gasteiger partial charge in [-0.25, -0.2) is 4.79 Å². The monoisotopic (exact) mass is 375 g/mol. The van der Waals surface area contributed by atoms with Gasteiger partial charge in [0.1, 0.15) is 11.9 Å². The van der Waals surface area contributed by atoms with Crippen LogP contribution < -0.4 is 4.74 Å². The topological polar surface area (TPSA) is 76.1 Å². The summed E-state index contributed by atoms with van der Waals surface area (Å²) < 4.78 is 10.9. The van der Waals surface area contributed by atoms with Crippen LogP contribution in [0.15, 0.2) is 48.5 Å². The van der Waals surface area contributed by atoms with Gasteiger partial charge in [0.05, 0.1) is 13.2 Å². The molecule has 7 heteroatoms. The van der Waals surface area contributed by atoms with E-state index in [-0.39, 0.29) is 12.0 Å². The van der Waals surface area contributed by atoms with Gasteiger partial charge in [-0.2, -0.15) is 0 Å². The lowest BCUT2D eigenvalue weighted by Gasteiger charge is -2.33. The second kappa shape index (κ2) is 8.21. The smallest absolute Gasteiger partial charge is 0.341 e. The van der Waals surface area contributed by atoms with E-state index in [1.54, 1.807) is 35.2 Å². The molecule has 1 aliphatic heterocycles. The first kappa shape index (κ1) is 18.2. The highest BCUT2D eigenvalue weighted by atomic mass is 35.5. The van der Waals surface area contributed by atoms with Crippen molar-refractivity contribution in [2.24, 2.45) is 0 Å². The molecule has 0 bridgehead atoms. The number of amides is 1. The standard InChI is InChI=1S/C19H18ClNO5/c20-15-5-1-3-13(9-15)17-11-21(7-8-25-17)19(24)14-4-2-6-16(10-14)26-12-18(22)23/h1-6,9-10,17H,7-8,11-12H2,(H,22,23). The number of ether oxygens (including phenoxy) is 2. The van der Waals surface area contributed by atoms with Gasteiger partial charge in [-0.1, -0.05) is 29.8 Å². The van der Waals surface area contributed by atoms with Crippen molar-refractivity contribution in [3.05, 3.63) is 64.7 Å². The fourth-order valence-corrected chi connectivity index (χ4v) is 2.99. The first-order valence-electron chi connectivity index (χ1n) is 8.14. The highest BCUT2D eigenvalue weighted by Gasteiger charge is 2.26. The summed E-state index contributed by atoms with van der Waals surface area (Å²) in [7, 11) is 0. The number of carbonyl (C=O) groups is 2. The number of halogens is 1. The lowest BCUT2D eigenvalue weighted by molar-refractivity contribution is -0.139. The molecule has 6 nitrogen and oxygen atoms in total. The van der Waals surface area contributed by atoms with Crippen LogP contribution in [0.5, 0.6) is 5.75 Å². The molecule has 0 saturated carbocycles. The van der Waals surface area contributed by atoms with Crippen molar-refractivity contribution in [3.8, 4) is 5.75 Å². The van der Waals surface area contributed by atoms with E-state index in [1.165, 1.54) is 0 Å². The van der Waals surface area contributed by atoms with Crippen LogP contribution in [0, 0.1) is 0 Å². The minimum absolute atomic E-state index is 0.152. The van der Waals surface area contributed by atoms with Gasteiger partial charge in [0.15, 0.2) is 6.61 Å². The molecule has 0 aromatic heterocycles. The highest BCUT2D eigenvalue weighted by molar-refractivity contribution is 6.30. The summed E-state index contributed by atoms with van der Waals surface area (Å²) in [4.78, 5) is 25.1. The predicted octanol–water partition coefficient (Wildman–Crippen LogP) is 3.02. The fourth-order valence-electron chi connectivity index (χ4n) is 2.79. The summed E-state index contributed by atoms with van der Waals surface area (Å²) in [6.07, 6.45) is -0.238. The largest absolute Gasteiger partial charge is 0.482 e. The molecule has 1 unspecified atom stereocenters. The zero-order valence-electron chi connectivity index (χ0n) is 13.9. The quantitative estimate of drug-likeness (QED) is 0.869. The Labute approximate surface area is 155 Å². The summed E-state index contributed by atoms with van der Waals surface area (Å²) in [5, 5.41) is 9.31. The second-order valence-corrected chi connectivity index (χ2v) is 6.31. The Kier molecular flexibility index (Phi) is 5.75. The number of carboxylic acid groups (broad SMARTS) is 1. The van der Waals surface area contributed by atoms with E-state index >= 15 is 0 Å². The number of carbonyl (C=O) groups excluding carboxylic acids is 1. The fraction of sp³-hybridized carbons (Fsp3) is 0.263. The van der Waals surface area contributed by atoms with Gasteiger partial charge in [0.2, 0.25) is 0 Å². The summed E-state index contributed by atoms with van der Waals surface area (Å²) in [5.41, 5.74) is 1.37. The number of hydrogen-bond acceptors (Lipinski definition) is 4. The van der Waals surface area contributed by atoms with Gasteiger partial charge in [0.25, 0.3) is 5.91 Å². The minimum atomic E-state index is -1.07. The lowest BCUT2D eigenvalue weighted by Crippen LogP contribution is -2.42. The molecule has 1 fully saturated rings. The van der Waals surface area contributed by atoms with Gasteiger partial charge >= 0.3 is 5.97 Å². The molecule has 26 heavy (non-hydrogen) atoms. The third-order valence-corrected chi connectivity index (χ3v) is 4.25. The number of benzene rings is 2. The molecule has 0 spiro atoms. The Balaban J connectivity index is 1.71. The summed E-state index contributed by atoms with van der Waals surface area (Å²) in [6.45, 7) is 0.875. The van der Waals surface area contributed by atoms with Crippen molar-refractivity contribution in [2.45, 2.75) is 6.10 Å². The first-order chi connectivity index (χ1) is 12.5. The third-order valence-electron chi connectivity index (χ3n) is 4.02. The number of morpholine rings is 1. The zero-order chi connectivity index (χ0) is 18.5. The molecule has 1 atom stereocenters. The zero-order valence-corrected chi connectivity index (χ0v) is 14.7. The molecule has 1 aliphatic rings. The Hall–Kier alpha value is -2.57. The number of aliphatic carboxylic acids is 1. The Morgan fingerprint density at radius 1 is 1.23 bits per heavy atom. The SMILES string of the molecule is O=C(O)COc1cccc(C(=O)N2CCOC(c3cccc(Cl)c3)C2)c1. The van der Waals surface area contributed by atoms with Crippen LogP contribution in [0.2, 0.25) is 5.02 Å². The number of nitrogens with zero attached hydrogens (tertiary/aromatic N) is 1. The van der Waals surface area contributed by atoms with Crippen LogP contribution in [0.3, 0.4) is 0 Å². The van der Waals surface area contributed by atoms with E-state index in [4.69, 9.17) is 26.2 Å². The maximum Gasteiger partial charge on any atom is 0.341 e. The van der Waals surface area contributed by atoms with E-state index in [0.29, 0.717) is 36.0 Å². The molecule has 1 heterocycles. The number of rotatable bonds is 5. The molecule has 1 N–H and O–H groups in total. The summed E-state index contributed by atoms with van der Waals surface area (Å²) in [6, 6.07) is 13.9. The van der Waals surface area contributed by atoms with E-state index in [2.05, 4.69) is 0 Å². The first-order valence-corrected chi connectivity index (χ1v) is 8.52. The van der Waals surface area contributed by atoms with Gasteiger partial charge in [-0.3, -0.25) is 4.79 Å². The van der Waals surface area contributed by atoms with Crippen LogP contribution >= 0.6 is 11.6 Å². The van der Waals surface area contributed by atoms with Crippen molar-refractivity contribution in [1.82, 2.24) is 4.90 Å². The molecule has 2 aromatic carbocycles. The van der Waals surface area contributed by atoms with E-state index in [0.717, 1.165) is 5.56 Å². The molecule has 136 valence electrons. The Morgan fingerprint density at radius 2 is 2.04 bits per heavy atom. The molecule has 0 aliphatic carbocycles. The molecule has 1 saturated heterocycles. The van der Waals surface area contributed by atoms with Crippen LogP contribution in [0.4, 0.5) is 0 Å². The normalized spacial score (nSPS) is 17.0. The van der Waals surface area contributed by atoms with Crippen molar-refractivity contribution in [3.63, 3.8) is 0 Å². The van der Waals surface area contributed by atoms with Gasteiger partial charge < -0.3 is 19.5 Å². The maximum atomic E-state index is 12.8. The lowest BCUT2D eigenvalue weighted by atomic mass is 10.1. The number of carboxylic acids is 1. The van der Waals surface area contributed by atoms with Crippen LogP contribution in [0.25, 0.3) is 0 Å². The average molecular weight is 376 g/mol. The van der Waals surface area contributed by atoms with Crippen LogP contribution in [-0.2, 0) is 9.53 Å². The molecular weight excluding hydrogens is 358 g/mol. The van der Waals surface area contributed by atoms with Gasteiger partial charge in [-0.15, -0.1) is 0 Å². The van der Waals surface area contributed by atoms with Gasteiger partial charge in [0, 0.05) is 17.1 Å². The third kappa shape index (κ3) is 4.53. The van der Waals surface area contributed by atoms with Crippen LogP contribution in [-0.4, -0.2) is 48.2 Å². The molecule has 2 aromatic rings. The van der Waals surface area contributed by atoms with Crippen molar-refractivity contribution in [1.29, 1.82) is 0 Å². The molecular formula is C19H18ClNO5. The summed E-state index contributed by atoms with van der Waals surface area (Å²) in [5.74, 6) is -0.877. The van der Waals surface area contributed by atoms with E-state index < -0.39 is 12.6 Å². The molecule has 0 radical (unpaired) electrons. The second-order valence-electron chi connectivity index (χ2n) is 5.88. The minimum Gasteiger partial charge on any atom is -0.482 e. The van der Waals surface area contributed by atoms with Gasteiger partial charge in [-0.05, 0) is 35.9 Å². The maximum absolute atomic E-state index is 12.8. The molecule has 3 rings (SSSR count). The molecule has 1 amide bonds. The predicted molar refractivity (Wildman–Crippen MR) is 95.6 cm³/mol. The number of hydrogen-bond donors (Lipinski definition) is 1. The summed E-state index contributed by atoms with van der Waals surface area (Å²) >= 11 is 6.04. The van der Waals surface area contributed by atoms with Crippen molar-refractivity contribution < 1.29 is 24.2 Å². The highest BCUT2D eigenvalue weighted by Crippen LogP contribution is 2.26. The van der Waals surface area contributed by atoms with E-state index in [9.17, 15) is 9.59 Å². The van der Waals surface area contributed by atoms with Crippen LogP contribution in [0.1, 0.15) is 22.0 Å². The van der Waals surface area contributed by atoms with E-state index in [1.807, 2.05) is 18.2 Å². The Bertz CT molecular complexity index is 810. The van der Waals surface area contributed by atoms with Crippen molar-refractivity contribution >= 4 is 23.5 Å².